The molecule has 3 rings (SSSR count). The van der Waals surface area contributed by atoms with Crippen LogP contribution in [0.4, 0.5) is 4.79 Å². The Hall–Kier alpha value is -2.98. The van der Waals surface area contributed by atoms with Gasteiger partial charge in [-0.25, -0.2) is 4.79 Å². The van der Waals surface area contributed by atoms with Crippen molar-refractivity contribution in [1.29, 1.82) is 0 Å². The maximum absolute atomic E-state index is 13.3. The second kappa shape index (κ2) is 13.9. The molecule has 216 valence electrons. The Morgan fingerprint density at radius 2 is 1.77 bits per heavy atom. The number of ketones is 1. The van der Waals surface area contributed by atoms with E-state index in [4.69, 9.17) is 10.5 Å². The largest absolute Gasteiger partial charge is 0.444 e. The average Bonchev–Trinajstić information content (AvgIpc) is 3.30. The number of hydrogen-bond acceptors (Lipinski definition) is 7. The lowest BCUT2D eigenvalue weighted by atomic mass is 9.80. The van der Waals surface area contributed by atoms with Crippen LogP contribution in [0.5, 0.6) is 0 Å². The summed E-state index contributed by atoms with van der Waals surface area (Å²) in [5, 5.41) is 5.77. The minimum Gasteiger partial charge on any atom is -0.444 e. The minimum absolute atomic E-state index is 0.0301. The maximum Gasteiger partial charge on any atom is 0.410 e. The Balaban J connectivity index is 1.53. The number of nitrogens with two attached hydrogens (primary N) is 1. The van der Waals surface area contributed by atoms with Gasteiger partial charge >= 0.3 is 6.09 Å². The van der Waals surface area contributed by atoms with Crippen LogP contribution in [0, 0.1) is 5.92 Å². The van der Waals surface area contributed by atoms with E-state index in [1.54, 1.807) is 27.8 Å². The lowest BCUT2D eigenvalue weighted by molar-refractivity contribution is -0.132. The highest BCUT2D eigenvalue weighted by atomic mass is 16.6. The predicted octanol–water partition coefficient (Wildman–Crippen LogP) is 2.21. The average molecular weight is 544 g/mol. The van der Waals surface area contributed by atoms with Crippen molar-refractivity contribution in [2.24, 2.45) is 11.7 Å². The Morgan fingerprint density at radius 1 is 1.08 bits per heavy atom. The van der Waals surface area contributed by atoms with Gasteiger partial charge in [0.2, 0.25) is 11.8 Å². The van der Waals surface area contributed by atoms with Gasteiger partial charge in [0.1, 0.15) is 5.60 Å². The first kappa shape index (κ1) is 30.6. The molecule has 0 aromatic heterocycles. The first-order valence-electron chi connectivity index (χ1n) is 14.0. The summed E-state index contributed by atoms with van der Waals surface area (Å²) in [6, 6.07) is 9.18. The lowest BCUT2D eigenvalue weighted by Gasteiger charge is -2.39. The molecular weight excluding hydrogens is 498 g/mol. The molecule has 1 aliphatic carbocycles. The van der Waals surface area contributed by atoms with Gasteiger partial charge in [-0.05, 0) is 45.6 Å². The van der Waals surface area contributed by atoms with Crippen molar-refractivity contribution < 1.29 is 23.9 Å². The van der Waals surface area contributed by atoms with Gasteiger partial charge in [0.15, 0.2) is 5.78 Å². The van der Waals surface area contributed by atoms with Gasteiger partial charge < -0.3 is 26.0 Å². The van der Waals surface area contributed by atoms with Crippen LogP contribution in [0.2, 0.25) is 0 Å². The van der Waals surface area contributed by atoms with Gasteiger partial charge in [0.05, 0.1) is 12.6 Å². The summed E-state index contributed by atoms with van der Waals surface area (Å²) in [6.07, 6.45) is 3.60. The Bertz CT molecular complexity index is 996. The molecule has 0 radical (unpaired) electrons. The van der Waals surface area contributed by atoms with Gasteiger partial charge in [-0.3, -0.25) is 19.3 Å². The van der Waals surface area contributed by atoms with Crippen molar-refractivity contribution >= 4 is 23.7 Å². The third-order valence-corrected chi connectivity index (χ3v) is 7.39. The van der Waals surface area contributed by atoms with Crippen LogP contribution in [0.1, 0.15) is 64.9 Å². The molecule has 1 saturated carbocycles. The quantitative estimate of drug-likeness (QED) is 0.412. The Kier molecular flexibility index (Phi) is 10.9. The Labute approximate surface area is 232 Å². The predicted molar refractivity (Wildman–Crippen MR) is 149 cm³/mol. The van der Waals surface area contributed by atoms with E-state index in [2.05, 4.69) is 15.5 Å². The molecule has 4 atom stereocenters. The second-order valence-corrected chi connectivity index (χ2v) is 11.8. The van der Waals surface area contributed by atoms with Gasteiger partial charge in [0.25, 0.3) is 0 Å². The highest BCUT2D eigenvalue weighted by Crippen LogP contribution is 2.33. The van der Waals surface area contributed by atoms with E-state index in [1.165, 1.54) is 4.90 Å². The second-order valence-electron chi connectivity index (χ2n) is 11.8. The molecule has 2 fully saturated rings. The summed E-state index contributed by atoms with van der Waals surface area (Å²) in [4.78, 5) is 54.5. The topological polar surface area (TPSA) is 134 Å². The molecule has 1 aromatic rings. The molecule has 2 aliphatic rings. The number of Topliss-reactive ketones (excluding diaryl/α,β-unsaturated/α-hetero) is 1. The summed E-state index contributed by atoms with van der Waals surface area (Å²) < 4.78 is 5.30. The van der Waals surface area contributed by atoms with E-state index < -0.39 is 11.7 Å². The van der Waals surface area contributed by atoms with E-state index in [-0.39, 0.29) is 61.2 Å². The number of nitrogens with one attached hydrogen (secondary N) is 2. The molecular formula is C29H45N5O5. The molecule has 1 aromatic carbocycles. The number of carbonyl (C=O) groups is 4. The third kappa shape index (κ3) is 9.32. The number of carbonyl (C=O) groups excluding carboxylic acids is 4. The van der Waals surface area contributed by atoms with Gasteiger partial charge in [-0.15, -0.1) is 0 Å². The van der Waals surface area contributed by atoms with Crippen molar-refractivity contribution in [3.63, 3.8) is 0 Å². The number of nitrogens with zero attached hydrogens (tertiary/aromatic N) is 2. The van der Waals surface area contributed by atoms with Crippen molar-refractivity contribution in [2.45, 2.75) is 89.6 Å². The monoisotopic (exact) mass is 543 g/mol. The SMILES string of the molecule is CN(CCC(=O)NCC(=O)C1CCCCC1N1C[C@@H](N)C[C@H]1C(=O)NCc1ccccc1)C(=O)OC(C)(C)C. The lowest BCUT2D eigenvalue weighted by Crippen LogP contribution is -2.53. The fraction of sp³-hybridized carbons (Fsp3) is 0.655. The number of benzene rings is 1. The van der Waals surface area contributed by atoms with Crippen molar-refractivity contribution in [3.8, 4) is 0 Å². The van der Waals surface area contributed by atoms with Crippen molar-refractivity contribution in [2.75, 3.05) is 26.7 Å². The smallest absolute Gasteiger partial charge is 0.410 e. The zero-order valence-corrected chi connectivity index (χ0v) is 23.8. The minimum atomic E-state index is -0.614. The molecule has 1 saturated heterocycles. The summed E-state index contributed by atoms with van der Waals surface area (Å²) >= 11 is 0. The first-order chi connectivity index (χ1) is 18.4. The normalized spacial score (nSPS) is 23.6. The Morgan fingerprint density at radius 3 is 2.46 bits per heavy atom. The third-order valence-electron chi connectivity index (χ3n) is 7.39. The highest BCUT2D eigenvalue weighted by molar-refractivity contribution is 5.88. The van der Waals surface area contributed by atoms with Crippen LogP contribution in [0.3, 0.4) is 0 Å². The molecule has 3 amide bonds. The molecule has 2 unspecified atom stereocenters. The van der Waals surface area contributed by atoms with Crippen LogP contribution >= 0.6 is 0 Å². The van der Waals surface area contributed by atoms with E-state index in [0.29, 0.717) is 19.5 Å². The molecule has 10 nitrogen and oxygen atoms in total. The summed E-state index contributed by atoms with van der Waals surface area (Å²) in [5.41, 5.74) is 6.71. The van der Waals surface area contributed by atoms with Crippen molar-refractivity contribution in [3.05, 3.63) is 35.9 Å². The van der Waals surface area contributed by atoms with Crippen LogP contribution < -0.4 is 16.4 Å². The number of likely N-dealkylation sites (tertiary alicyclic amines) is 1. The van der Waals surface area contributed by atoms with Gasteiger partial charge in [-0.1, -0.05) is 43.2 Å². The van der Waals surface area contributed by atoms with E-state index >= 15 is 0 Å². The number of hydrogen-bond donors (Lipinski definition) is 3. The molecule has 1 aliphatic heterocycles. The zero-order chi connectivity index (χ0) is 28.6. The van der Waals surface area contributed by atoms with Gasteiger partial charge in [0, 0.05) is 51.1 Å². The molecule has 0 spiro atoms. The number of amides is 3. The van der Waals surface area contributed by atoms with E-state index in [9.17, 15) is 19.2 Å². The number of ether oxygens (including phenoxy) is 1. The summed E-state index contributed by atoms with van der Waals surface area (Å²) in [7, 11) is 1.58. The molecule has 10 heteroatoms. The first-order valence-corrected chi connectivity index (χ1v) is 14.0. The molecule has 1 heterocycles. The van der Waals surface area contributed by atoms with Crippen LogP contribution in [-0.4, -0.2) is 83.9 Å². The van der Waals surface area contributed by atoms with Crippen LogP contribution in [0.15, 0.2) is 30.3 Å². The summed E-state index contributed by atoms with van der Waals surface area (Å²) in [6.45, 7) is 6.48. The molecule has 4 N–H and O–H groups in total. The highest BCUT2D eigenvalue weighted by Gasteiger charge is 2.44. The van der Waals surface area contributed by atoms with Crippen LogP contribution in [-0.2, 0) is 25.7 Å². The van der Waals surface area contributed by atoms with Crippen molar-refractivity contribution in [1.82, 2.24) is 20.4 Å². The van der Waals surface area contributed by atoms with Gasteiger partial charge in [-0.2, -0.15) is 0 Å². The maximum atomic E-state index is 13.3. The zero-order valence-electron chi connectivity index (χ0n) is 23.8. The number of rotatable bonds is 10. The van der Waals surface area contributed by atoms with E-state index in [0.717, 1.165) is 31.2 Å². The fourth-order valence-electron chi connectivity index (χ4n) is 5.41. The van der Waals surface area contributed by atoms with Crippen LogP contribution in [0.25, 0.3) is 0 Å². The fourth-order valence-corrected chi connectivity index (χ4v) is 5.41. The summed E-state index contributed by atoms with van der Waals surface area (Å²) in [5.74, 6) is -0.658. The molecule has 39 heavy (non-hydrogen) atoms. The standard InChI is InChI=1S/C29H45N5O5/c1-29(2,3)39-28(38)33(4)15-14-26(36)31-18-25(35)22-12-8-9-13-23(22)34-19-21(30)16-24(34)27(37)32-17-20-10-6-5-7-11-20/h5-7,10-11,21-24H,8-9,12-19,30H2,1-4H3,(H,31,36)(H,32,37)/t21-,22?,23?,24-/m0/s1. The van der Waals surface area contributed by atoms with E-state index in [1.807, 2.05) is 30.3 Å². The molecule has 0 bridgehead atoms.